The number of hydrogen-bond acceptors (Lipinski definition) is 4. The monoisotopic (exact) mass is 554 g/mol. The SMILES string of the molecule is CCCCCc1ccc(/C=C/C2=Nc3ccc4c5c(ccc(c35)O2)N=C(/C=C/c2ccc(CCCCC)cc2)O4)cc1. The first-order valence-corrected chi connectivity index (χ1v) is 15.4. The van der Waals surface area contributed by atoms with E-state index in [1.807, 2.05) is 36.4 Å². The van der Waals surface area contributed by atoms with Gasteiger partial charge in [0.05, 0.1) is 22.1 Å². The third-order valence-electron chi connectivity index (χ3n) is 7.86. The third kappa shape index (κ3) is 6.38. The van der Waals surface area contributed by atoms with E-state index in [1.54, 1.807) is 0 Å². The van der Waals surface area contributed by atoms with Gasteiger partial charge in [0.2, 0.25) is 11.8 Å². The van der Waals surface area contributed by atoms with E-state index < -0.39 is 0 Å². The van der Waals surface area contributed by atoms with Gasteiger partial charge in [-0.05, 0) is 84.4 Å². The summed E-state index contributed by atoms with van der Waals surface area (Å²) in [6, 6.07) is 25.4. The number of ether oxygens (including phenoxy) is 2. The van der Waals surface area contributed by atoms with Crippen LogP contribution in [0.4, 0.5) is 11.4 Å². The Morgan fingerprint density at radius 2 is 0.929 bits per heavy atom. The van der Waals surface area contributed by atoms with Crippen LogP contribution in [0.3, 0.4) is 0 Å². The van der Waals surface area contributed by atoms with Gasteiger partial charge in [-0.25, -0.2) is 9.98 Å². The lowest BCUT2D eigenvalue weighted by Crippen LogP contribution is -2.11. The maximum absolute atomic E-state index is 6.21. The Morgan fingerprint density at radius 3 is 1.33 bits per heavy atom. The fourth-order valence-corrected chi connectivity index (χ4v) is 5.49. The lowest BCUT2D eigenvalue weighted by molar-refractivity contribution is 0.550. The maximum Gasteiger partial charge on any atom is 0.219 e. The predicted octanol–water partition coefficient (Wildman–Crippen LogP) is 10.6. The van der Waals surface area contributed by atoms with Gasteiger partial charge in [0.15, 0.2) is 0 Å². The molecule has 4 aromatic carbocycles. The molecule has 0 unspecified atom stereocenters. The molecule has 6 rings (SSSR count). The zero-order chi connectivity index (χ0) is 28.7. The topological polar surface area (TPSA) is 43.2 Å². The normalized spacial score (nSPS) is 13.8. The highest BCUT2D eigenvalue weighted by molar-refractivity contribution is 6.15. The van der Waals surface area contributed by atoms with Gasteiger partial charge in [-0.1, -0.05) is 88.1 Å². The molecule has 4 heteroatoms. The van der Waals surface area contributed by atoms with Crippen LogP contribution in [-0.2, 0) is 12.8 Å². The molecule has 4 nitrogen and oxygen atoms in total. The lowest BCUT2D eigenvalue weighted by atomic mass is 10.0. The van der Waals surface area contributed by atoms with Crippen molar-refractivity contribution in [2.75, 3.05) is 0 Å². The summed E-state index contributed by atoms with van der Waals surface area (Å²) in [5.41, 5.74) is 6.75. The van der Waals surface area contributed by atoms with Gasteiger partial charge in [-0.3, -0.25) is 0 Å². The molecule has 0 amide bonds. The molecule has 0 radical (unpaired) electrons. The summed E-state index contributed by atoms with van der Waals surface area (Å²) in [6.45, 7) is 4.48. The van der Waals surface area contributed by atoms with E-state index in [0.717, 1.165) is 57.6 Å². The second-order valence-electron chi connectivity index (χ2n) is 11.1. The van der Waals surface area contributed by atoms with E-state index in [-0.39, 0.29) is 0 Å². The third-order valence-corrected chi connectivity index (χ3v) is 7.86. The number of unbranched alkanes of at least 4 members (excludes halogenated alkanes) is 4. The molecule has 2 heterocycles. The van der Waals surface area contributed by atoms with Crippen LogP contribution in [0.2, 0.25) is 0 Å². The van der Waals surface area contributed by atoms with Crippen LogP contribution in [0.5, 0.6) is 11.5 Å². The molecular formula is C38H38N2O2. The number of benzene rings is 4. The molecule has 0 saturated heterocycles. The number of aliphatic imine (C=N–C) groups is 2. The Balaban J connectivity index is 1.17. The van der Waals surface area contributed by atoms with E-state index >= 15 is 0 Å². The van der Waals surface area contributed by atoms with Gasteiger partial charge in [0, 0.05) is 12.2 Å². The summed E-state index contributed by atoms with van der Waals surface area (Å²) < 4.78 is 12.4. The van der Waals surface area contributed by atoms with Gasteiger partial charge in [-0.2, -0.15) is 0 Å². The minimum Gasteiger partial charge on any atom is -0.438 e. The van der Waals surface area contributed by atoms with Crippen molar-refractivity contribution < 1.29 is 9.47 Å². The Hall–Kier alpha value is -4.44. The van der Waals surface area contributed by atoms with Crippen molar-refractivity contribution in [3.63, 3.8) is 0 Å². The van der Waals surface area contributed by atoms with Crippen LogP contribution in [-0.4, -0.2) is 11.8 Å². The van der Waals surface area contributed by atoms with Crippen LogP contribution < -0.4 is 9.47 Å². The van der Waals surface area contributed by atoms with E-state index in [4.69, 9.17) is 19.5 Å². The van der Waals surface area contributed by atoms with E-state index in [9.17, 15) is 0 Å². The predicted molar refractivity (Wildman–Crippen MR) is 177 cm³/mol. The van der Waals surface area contributed by atoms with Crippen molar-refractivity contribution in [2.24, 2.45) is 9.98 Å². The lowest BCUT2D eigenvalue weighted by Gasteiger charge is -2.21. The summed E-state index contributed by atoms with van der Waals surface area (Å²) >= 11 is 0. The highest BCUT2D eigenvalue weighted by Crippen LogP contribution is 2.47. The molecule has 0 aliphatic carbocycles. The standard InChI is InChI=1S/C38H38N2O2/c1-3-5-7-9-27-11-15-29(16-12-27)19-25-35-39-31-21-24-34-38-32(22-23-33(41-35)37(31)38)40-36(42-34)26-20-30-17-13-28(14-18-30)10-8-6-4-2/h11-26H,3-10H2,1-2H3/b25-19+,26-20+. The summed E-state index contributed by atoms with van der Waals surface area (Å²) in [4.78, 5) is 9.60. The quantitative estimate of drug-likeness (QED) is 0.163. The fraction of sp³-hybridized carbons (Fsp3) is 0.263. The number of hydrogen-bond donors (Lipinski definition) is 0. The molecule has 4 aromatic rings. The summed E-state index contributed by atoms with van der Waals surface area (Å²) in [7, 11) is 0. The van der Waals surface area contributed by atoms with Gasteiger partial charge in [-0.15, -0.1) is 0 Å². The van der Waals surface area contributed by atoms with Gasteiger partial charge in [0.25, 0.3) is 0 Å². The first-order valence-electron chi connectivity index (χ1n) is 15.4. The largest absolute Gasteiger partial charge is 0.438 e. The fourth-order valence-electron chi connectivity index (χ4n) is 5.49. The number of nitrogens with zero attached hydrogens (tertiary/aromatic N) is 2. The van der Waals surface area contributed by atoms with E-state index in [0.29, 0.717) is 11.8 Å². The summed E-state index contributed by atoms with van der Waals surface area (Å²) in [6.07, 6.45) is 17.8. The van der Waals surface area contributed by atoms with Crippen LogP contribution in [0.25, 0.3) is 22.9 Å². The molecule has 42 heavy (non-hydrogen) atoms. The molecule has 0 saturated carbocycles. The van der Waals surface area contributed by atoms with E-state index in [1.165, 1.54) is 49.7 Å². The highest BCUT2D eigenvalue weighted by Gasteiger charge is 2.23. The van der Waals surface area contributed by atoms with Gasteiger partial charge in [0.1, 0.15) is 11.5 Å². The van der Waals surface area contributed by atoms with E-state index in [2.05, 4.69) is 74.5 Å². The second kappa shape index (κ2) is 13.0. The van der Waals surface area contributed by atoms with Crippen molar-refractivity contribution in [3.05, 3.63) is 107 Å². The zero-order valence-electron chi connectivity index (χ0n) is 24.6. The molecule has 2 aliphatic heterocycles. The minimum absolute atomic E-state index is 0.567. The Kier molecular flexibility index (Phi) is 8.60. The summed E-state index contributed by atoms with van der Waals surface area (Å²) in [5.74, 6) is 2.67. The zero-order valence-corrected chi connectivity index (χ0v) is 24.6. The van der Waals surface area contributed by atoms with Crippen molar-refractivity contribution in [1.82, 2.24) is 0 Å². The van der Waals surface area contributed by atoms with Crippen LogP contribution in [0.15, 0.2) is 94.9 Å². The highest BCUT2D eigenvalue weighted by atomic mass is 16.5. The van der Waals surface area contributed by atoms with Gasteiger partial charge < -0.3 is 9.47 Å². The Morgan fingerprint density at radius 1 is 0.500 bits per heavy atom. The minimum atomic E-state index is 0.567. The first-order chi connectivity index (χ1) is 20.7. The smallest absolute Gasteiger partial charge is 0.219 e. The molecule has 0 aromatic heterocycles. The average molecular weight is 555 g/mol. The van der Waals surface area contributed by atoms with Gasteiger partial charge >= 0.3 is 0 Å². The maximum atomic E-state index is 6.21. The molecule has 0 bridgehead atoms. The molecule has 0 N–H and O–H groups in total. The molecular weight excluding hydrogens is 516 g/mol. The van der Waals surface area contributed by atoms with Crippen molar-refractivity contribution in [1.29, 1.82) is 0 Å². The molecule has 0 atom stereocenters. The van der Waals surface area contributed by atoms with Crippen molar-refractivity contribution in [2.45, 2.75) is 65.2 Å². The molecule has 0 fully saturated rings. The van der Waals surface area contributed by atoms with Crippen molar-refractivity contribution >= 4 is 46.1 Å². The van der Waals surface area contributed by atoms with Crippen LogP contribution >= 0.6 is 0 Å². The number of rotatable bonds is 12. The molecule has 212 valence electrons. The Labute approximate surface area is 249 Å². The van der Waals surface area contributed by atoms with Crippen LogP contribution in [0.1, 0.15) is 74.6 Å². The Bertz CT molecular complexity index is 1550. The summed E-state index contributed by atoms with van der Waals surface area (Å²) in [5, 5.41) is 1.87. The average Bonchev–Trinajstić information content (AvgIpc) is 3.03. The van der Waals surface area contributed by atoms with Crippen molar-refractivity contribution in [3.8, 4) is 11.5 Å². The molecule has 2 aliphatic rings. The van der Waals surface area contributed by atoms with Crippen LogP contribution in [0, 0.1) is 0 Å². The first kappa shape index (κ1) is 27.7. The molecule has 0 spiro atoms. The second-order valence-corrected chi connectivity index (χ2v) is 11.1. The number of aryl methyl sites for hydroxylation is 2.